The molecule has 0 aliphatic carbocycles. The maximum absolute atomic E-state index is 5.86. The number of hydrogen-bond acceptors (Lipinski definition) is 4. The number of nitrogens with zero attached hydrogens (tertiary/aromatic N) is 1. The molecule has 0 spiro atoms. The molecule has 1 aromatic rings. The fourth-order valence-electron chi connectivity index (χ4n) is 3.03. The summed E-state index contributed by atoms with van der Waals surface area (Å²) in [6.45, 7) is 10.1. The molecule has 0 saturated carbocycles. The molecule has 1 aliphatic heterocycles. The van der Waals surface area contributed by atoms with E-state index in [-0.39, 0.29) is 0 Å². The van der Waals surface area contributed by atoms with Crippen LogP contribution in [-0.4, -0.2) is 37.2 Å². The third-order valence-electron chi connectivity index (χ3n) is 4.26. The number of rotatable bonds is 6. The van der Waals surface area contributed by atoms with Crippen molar-refractivity contribution in [3.8, 4) is 0 Å². The van der Waals surface area contributed by atoms with Gasteiger partial charge in [0, 0.05) is 31.3 Å². The highest BCUT2D eigenvalue weighted by Crippen LogP contribution is 2.29. The molecule has 1 saturated heterocycles. The molecule has 4 heteroatoms. The van der Waals surface area contributed by atoms with E-state index in [1.807, 2.05) is 6.92 Å². The van der Waals surface area contributed by atoms with E-state index in [4.69, 9.17) is 14.9 Å². The number of likely N-dealkylation sites (tertiary alicyclic amines) is 1. The van der Waals surface area contributed by atoms with Crippen LogP contribution in [-0.2, 0) is 4.74 Å². The highest BCUT2D eigenvalue weighted by Gasteiger charge is 2.25. The molecule has 1 fully saturated rings. The van der Waals surface area contributed by atoms with E-state index in [1.165, 1.54) is 5.56 Å². The number of hydrogen-bond donors (Lipinski definition) is 1. The van der Waals surface area contributed by atoms with Gasteiger partial charge in [-0.1, -0.05) is 0 Å². The Morgan fingerprint density at radius 3 is 2.65 bits per heavy atom. The summed E-state index contributed by atoms with van der Waals surface area (Å²) in [5.74, 6) is 2.06. The molecule has 114 valence electrons. The Balaban J connectivity index is 1.82. The van der Waals surface area contributed by atoms with Crippen molar-refractivity contribution in [1.29, 1.82) is 0 Å². The average Bonchev–Trinajstić information content (AvgIpc) is 2.78. The summed E-state index contributed by atoms with van der Waals surface area (Å²) in [4.78, 5) is 2.53. The molecule has 1 aromatic heterocycles. The van der Waals surface area contributed by atoms with Gasteiger partial charge < -0.3 is 14.9 Å². The Hall–Kier alpha value is -0.840. The first-order valence-electron chi connectivity index (χ1n) is 7.74. The first-order valence-corrected chi connectivity index (χ1v) is 7.74. The van der Waals surface area contributed by atoms with Crippen molar-refractivity contribution in [2.24, 2.45) is 5.73 Å². The van der Waals surface area contributed by atoms with Crippen molar-refractivity contribution in [2.75, 3.05) is 26.2 Å². The first kappa shape index (κ1) is 15.5. The Bertz CT molecular complexity index is 409. The van der Waals surface area contributed by atoms with Gasteiger partial charge in [-0.05, 0) is 52.6 Å². The molecule has 0 amide bonds. The van der Waals surface area contributed by atoms with E-state index < -0.39 is 0 Å². The van der Waals surface area contributed by atoms with Crippen LogP contribution in [0, 0.1) is 13.8 Å². The van der Waals surface area contributed by atoms with Crippen LogP contribution in [0.1, 0.15) is 49.3 Å². The summed E-state index contributed by atoms with van der Waals surface area (Å²) in [7, 11) is 0. The maximum Gasteiger partial charge on any atom is 0.105 e. The fourth-order valence-corrected chi connectivity index (χ4v) is 3.03. The van der Waals surface area contributed by atoms with Crippen molar-refractivity contribution in [2.45, 2.75) is 52.2 Å². The molecule has 1 aliphatic rings. The standard InChI is InChI=1S/C16H28N2O2/c1-12-11-16(14(3)20-12)13(2)18-8-5-15(6-9-18)19-10-4-7-17/h11,13,15H,4-10,17H2,1-3H3. The monoisotopic (exact) mass is 280 g/mol. The van der Waals surface area contributed by atoms with Crippen molar-refractivity contribution in [1.82, 2.24) is 4.90 Å². The minimum Gasteiger partial charge on any atom is -0.466 e. The van der Waals surface area contributed by atoms with Gasteiger partial charge in [0.1, 0.15) is 11.5 Å². The Morgan fingerprint density at radius 2 is 2.10 bits per heavy atom. The Labute approximate surface area is 122 Å². The minimum atomic E-state index is 0.414. The lowest BCUT2D eigenvalue weighted by Gasteiger charge is -2.35. The van der Waals surface area contributed by atoms with E-state index in [1.54, 1.807) is 0 Å². The quantitative estimate of drug-likeness (QED) is 0.814. The fraction of sp³-hybridized carbons (Fsp3) is 0.750. The number of ether oxygens (including phenoxy) is 1. The molecule has 2 rings (SSSR count). The lowest BCUT2D eigenvalue weighted by Crippen LogP contribution is -2.38. The zero-order valence-electron chi connectivity index (χ0n) is 13.0. The lowest BCUT2D eigenvalue weighted by molar-refractivity contribution is -0.000853. The van der Waals surface area contributed by atoms with Gasteiger partial charge in [-0.2, -0.15) is 0 Å². The summed E-state index contributed by atoms with van der Waals surface area (Å²) in [6, 6.07) is 2.60. The summed E-state index contributed by atoms with van der Waals surface area (Å²) in [5.41, 5.74) is 6.81. The largest absolute Gasteiger partial charge is 0.466 e. The van der Waals surface area contributed by atoms with Gasteiger partial charge in [-0.3, -0.25) is 4.90 Å². The SMILES string of the molecule is Cc1cc(C(C)N2CCC(OCCCN)CC2)c(C)o1. The number of furan rings is 1. The molecule has 0 bridgehead atoms. The molecular formula is C16H28N2O2. The lowest BCUT2D eigenvalue weighted by atomic mass is 10.0. The van der Waals surface area contributed by atoms with E-state index >= 15 is 0 Å². The van der Waals surface area contributed by atoms with Gasteiger partial charge in [0.05, 0.1) is 6.10 Å². The molecule has 0 aromatic carbocycles. The molecule has 4 nitrogen and oxygen atoms in total. The van der Waals surface area contributed by atoms with Crippen LogP contribution >= 0.6 is 0 Å². The van der Waals surface area contributed by atoms with E-state index in [9.17, 15) is 0 Å². The number of nitrogens with two attached hydrogens (primary N) is 1. The van der Waals surface area contributed by atoms with E-state index in [0.29, 0.717) is 12.1 Å². The van der Waals surface area contributed by atoms with Crippen LogP contribution in [0.3, 0.4) is 0 Å². The number of aryl methyl sites for hydroxylation is 2. The zero-order valence-corrected chi connectivity index (χ0v) is 13.0. The van der Waals surface area contributed by atoms with Crippen LogP contribution in [0.2, 0.25) is 0 Å². The van der Waals surface area contributed by atoms with Gasteiger partial charge >= 0.3 is 0 Å². The Kier molecular flexibility index (Phi) is 5.64. The molecule has 1 unspecified atom stereocenters. The minimum absolute atomic E-state index is 0.414. The molecule has 0 radical (unpaired) electrons. The third-order valence-corrected chi connectivity index (χ3v) is 4.26. The van der Waals surface area contributed by atoms with Crippen LogP contribution in [0.5, 0.6) is 0 Å². The van der Waals surface area contributed by atoms with Crippen LogP contribution < -0.4 is 5.73 Å². The number of piperidine rings is 1. The summed E-state index contributed by atoms with van der Waals surface area (Å²) >= 11 is 0. The third kappa shape index (κ3) is 3.84. The van der Waals surface area contributed by atoms with Gasteiger partial charge in [0.25, 0.3) is 0 Å². The average molecular weight is 280 g/mol. The van der Waals surface area contributed by atoms with Crippen LogP contribution in [0.15, 0.2) is 10.5 Å². The second-order valence-corrected chi connectivity index (χ2v) is 5.79. The topological polar surface area (TPSA) is 51.6 Å². The van der Waals surface area contributed by atoms with Gasteiger partial charge in [-0.25, -0.2) is 0 Å². The second kappa shape index (κ2) is 7.25. The summed E-state index contributed by atoms with van der Waals surface area (Å²) in [5, 5.41) is 0. The summed E-state index contributed by atoms with van der Waals surface area (Å²) < 4.78 is 11.5. The Morgan fingerprint density at radius 1 is 1.40 bits per heavy atom. The molecular weight excluding hydrogens is 252 g/mol. The predicted molar refractivity (Wildman–Crippen MR) is 80.8 cm³/mol. The van der Waals surface area contributed by atoms with E-state index in [2.05, 4.69) is 24.8 Å². The van der Waals surface area contributed by atoms with Gasteiger partial charge in [0.2, 0.25) is 0 Å². The van der Waals surface area contributed by atoms with Gasteiger partial charge in [0.15, 0.2) is 0 Å². The predicted octanol–water partition coefficient (Wildman–Crippen LogP) is 2.79. The highest BCUT2D eigenvalue weighted by molar-refractivity contribution is 5.23. The van der Waals surface area contributed by atoms with Crippen molar-refractivity contribution in [3.63, 3.8) is 0 Å². The maximum atomic E-state index is 5.86. The molecule has 2 heterocycles. The molecule has 20 heavy (non-hydrogen) atoms. The van der Waals surface area contributed by atoms with Gasteiger partial charge in [-0.15, -0.1) is 0 Å². The van der Waals surface area contributed by atoms with Crippen LogP contribution in [0.4, 0.5) is 0 Å². The zero-order chi connectivity index (χ0) is 14.5. The van der Waals surface area contributed by atoms with Crippen molar-refractivity contribution < 1.29 is 9.15 Å². The van der Waals surface area contributed by atoms with Crippen LogP contribution in [0.25, 0.3) is 0 Å². The smallest absolute Gasteiger partial charge is 0.105 e. The second-order valence-electron chi connectivity index (χ2n) is 5.79. The van der Waals surface area contributed by atoms with Crippen molar-refractivity contribution in [3.05, 3.63) is 23.2 Å². The first-order chi connectivity index (χ1) is 9.61. The summed E-state index contributed by atoms with van der Waals surface area (Å²) in [6.07, 6.45) is 3.61. The molecule has 1 atom stereocenters. The van der Waals surface area contributed by atoms with E-state index in [0.717, 1.165) is 57.0 Å². The highest BCUT2D eigenvalue weighted by atomic mass is 16.5. The normalized spacial score (nSPS) is 19.4. The van der Waals surface area contributed by atoms with Crippen molar-refractivity contribution >= 4 is 0 Å². The molecule has 2 N–H and O–H groups in total.